The molecule has 2 atom stereocenters. The molecule has 1 aromatic rings. The molecular weight excluding hydrogens is 226 g/mol. The number of carboxylic acid groups (broad SMARTS) is 1. The zero-order valence-corrected chi connectivity index (χ0v) is 10.9. The summed E-state index contributed by atoms with van der Waals surface area (Å²) in [6.07, 6.45) is 2.57. The molecule has 2 rings (SSSR count). The first-order valence-electron chi connectivity index (χ1n) is 6.37. The molecule has 0 unspecified atom stereocenters. The molecule has 0 saturated carbocycles. The molecule has 0 fully saturated rings. The van der Waals surface area contributed by atoms with Crippen LogP contribution in [-0.2, 0) is 11.2 Å². The molecule has 3 nitrogen and oxygen atoms in total. The van der Waals surface area contributed by atoms with Crippen LogP contribution in [0, 0.1) is 12.8 Å². The zero-order valence-electron chi connectivity index (χ0n) is 10.9. The molecule has 1 N–H and O–H groups in total. The third-order valence-electron chi connectivity index (χ3n) is 3.83. The van der Waals surface area contributed by atoms with E-state index in [1.807, 2.05) is 13.0 Å². The van der Waals surface area contributed by atoms with Crippen molar-refractivity contribution in [3.63, 3.8) is 0 Å². The maximum atomic E-state index is 11.1. The predicted molar refractivity (Wildman–Crippen MR) is 70.6 cm³/mol. The van der Waals surface area contributed by atoms with E-state index in [0.717, 1.165) is 24.2 Å². The number of nitrogens with zero attached hydrogens (tertiary/aromatic N) is 1. The molecule has 1 aromatic heterocycles. The third-order valence-corrected chi connectivity index (χ3v) is 3.83. The van der Waals surface area contributed by atoms with Gasteiger partial charge in [0.2, 0.25) is 0 Å². The van der Waals surface area contributed by atoms with Gasteiger partial charge in [0.25, 0.3) is 0 Å². The van der Waals surface area contributed by atoms with Gasteiger partial charge in [-0.25, -0.2) is 4.79 Å². The third kappa shape index (κ3) is 2.45. The Bertz CT molecular complexity index is 493. The van der Waals surface area contributed by atoms with Crippen LogP contribution in [0.1, 0.15) is 42.6 Å². The minimum atomic E-state index is -0.885. The standard InChI is InChI=1S/C15H19NO2/c1-9-4-6-12(11(3)15(17)18)8-14-13(9)7-5-10(2)16-14/h5,7,9,12H,3-4,6,8H2,1-2H3,(H,17,18)/t9-,12+/m0/s1. The Morgan fingerprint density at radius 3 is 2.83 bits per heavy atom. The smallest absolute Gasteiger partial charge is 0.331 e. The highest BCUT2D eigenvalue weighted by atomic mass is 16.4. The number of hydrogen-bond donors (Lipinski definition) is 1. The summed E-state index contributed by atoms with van der Waals surface area (Å²) < 4.78 is 0. The normalized spacial score (nSPS) is 23.0. The average molecular weight is 245 g/mol. The molecule has 0 bridgehead atoms. The highest BCUT2D eigenvalue weighted by molar-refractivity contribution is 5.86. The van der Waals surface area contributed by atoms with Crippen molar-refractivity contribution in [1.82, 2.24) is 4.98 Å². The molecule has 1 heterocycles. The second-order valence-electron chi connectivity index (χ2n) is 5.20. The van der Waals surface area contributed by atoms with Crippen LogP contribution in [0.5, 0.6) is 0 Å². The number of pyridine rings is 1. The van der Waals surface area contributed by atoms with Gasteiger partial charge in [0, 0.05) is 17.0 Å². The molecule has 0 spiro atoms. The van der Waals surface area contributed by atoms with Gasteiger partial charge < -0.3 is 5.11 Å². The molecule has 0 amide bonds. The topological polar surface area (TPSA) is 50.2 Å². The van der Waals surface area contributed by atoms with Crippen molar-refractivity contribution < 1.29 is 9.90 Å². The van der Waals surface area contributed by atoms with E-state index >= 15 is 0 Å². The molecule has 0 aliphatic heterocycles. The van der Waals surface area contributed by atoms with Crippen LogP contribution in [0.2, 0.25) is 0 Å². The van der Waals surface area contributed by atoms with Gasteiger partial charge in [0.15, 0.2) is 0 Å². The van der Waals surface area contributed by atoms with E-state index in [-0.39, 0.29) is 5.92 Å². The Labute approximate surface area is 108 Å². The van der Waals surface area contributed by atoms with E-state index in [1.165, 1.54) is 5.56 Å². The predicted octanol–water partition coefficient (Wildman–Crippen LogP) is 3.09. The molecule has 3 heteroatoms. The number of aryl methyl sites for hydroxylation is 1. The Morgan fingerprint density at radius 2 is 2.17 bits per heavy atom. The van der Waals surface area contributed by atoms with Crippen molar-refractivity contribution in [3.8, 4) is 0 Å². The van der Waals surface area contributed by atoms with E-state index in [2.05, 4.69) is 24.6 Å². The maximum Gasteiger partial charge on any atom is 0.331 e. The lowest BCUT2D eigenvalue weighted by molar-refractivity contribution is -0.133. The Kier molecular flexibility index (Phi) is 3.50. The summed E-state index contributed by atoms with van der Waals surface area (Å²) in [7, 11) is 0. The van der Waals surface area contributed by atoms with Crippen molar-refractivity contribution in [2.45, 2.75) is 39.0 Å². The Hall–Kier alpha value is -1.64. The van der Waals surface area contributed by atoms with Crippen molar-refractivity contribution in [1.29, 1.82) is 0 Å². The van der Waals surface area contributed by atoms with Crippen molar-refractivity contribution in [2.24, 2.45) is 5.92 Å². The number of carbonyl (C=O) groups is 1. The average Bonchev–Trinajstić information content (AvgIpc) is 2.47. The van der Waals surface area contributed by atoms with Gasteiger partial charge in [-0.1, -0.05) is 19.6 Å². The summed E-state index contributed by atoms with van der Waals surface area (Å²) in [5.74, 6) is -0.427. The number of hydrogen-bond acceptors (Lipinski definition) is 2. The van der Waals surface area contributed by atoms with E-state index in [0.29, 0.717) is 17.9 Å². The van der Waals surface area contributed by atoms with Gasteiger partial charge in [-0.05, 0) is 49.7 Å². The SMILES string of the molecule is C=C(C(=O)O)[C@@H]1CC[C@H](C)c2ccc(C)nc2C1. The van der Waals surface area contributed by atoms with Crippen LogP contribution in [-0.4, -0.2) is 16.1 Å². The monoisotopic (exact) mass is 245 g/mol. The summed E-state index contributed by atoms with van der Waals surface area (Å²) >= 11 is 0. The summed E-state index contributed by atoms with van der Waals surface area (Å²) in [6, 6.07) is 4.16. The lowest BCUT2D eigenvalue weighted by Gasteiger charge is -2.14. The second-order valence-corrected chi connectivity index (χ2v) is 5.20. The fourth-order valence-corrected chi connectivity index (χ4v) is 2.65. The number of carboxylic acids is 1. The fourth-order valence-electron chi connectivity index (χ4n) is 2.65. The summed E-state index contributed by atoms with van der Waals surface area (Å²) in [4.78, 5) is 15.6. The second kappa shape index (κ2) is 4.92. The first kappa shape index (κ1) is 12.8. The van der Waals surface area contributed by atoms with Crippen LogP contribution in [0.3, 0.4) is 0 Å². The highest BCUT2D eigenvalue weighted by Crippen LogP contribution is 2.34. The van der Waals surface area contributed by atoms with E-state index in [9.17, 15) is 4.79 Å². The molecule has 0 saturated heterocycles. The van der Waals surface area contributed by atoms with Crippen molar-refractivity contribution in [3.05, 3.63) is 41.2 Å². The van der Waals surface area contributed by atoms with Crippen LogP contribution < -0.4 is 0 Å². The number of aromatic nitrogens is 1. The van der Waals surface area contributed by atoms with Gasteiger partial charge in [0.05, 0.1) is 0 Å². The Morgan fingerprint density at radius 1 is 1.44 bits per heavy atom. The largest absolute Gasteiger partial charge is 0.478 e. The van der Waals surface area contributed by atoms with E-state index < -0.39 is 5.97 Å². The highest BCUT2D eigenvalue weighted by Gasteiger charge is 2.26. The molecule has 0 aromatic carbocycles. The van der Waals surface area contributed by atoms with Crippen molar-refractivity contribution in [2.75, 3.05) is 0 Å². The van der Waals surface area contributed by atoms with E-state index in [1.54, 1.807) is 0 Å². The number of aliphatic carboxylic acids is 1. The quantitative estimate of drug-likeness (QED) is 0.643. The van der Waals surface area contributed by atoms with E-state index in [4.69, 9.17) is 5.11 Å². The van der Waals surface area contributed by atoms with Gasteiger partial charge in [-0.3, -0.25) is 4.98 Å². The molecule has 0 radical (unpaired) electrons. The Balaban J connectivity index is 2.34. The lowest BCUT2D eigenvalue weighted by atomic mass is 9.91. The molecule has 1 aliphatic carbocycles. The van der Waals surface area contributed by atoms with Gasteiger partial charge in [-0.2, -0.15) is 0 Å². The zero-order chi connectivity index (χ0) is 13.3. The van der Waals surface area contributed by atoms with Gasteiger partial charge in [0.1, 0.15) is 0 Å². The van der Waals surface area contributed by atoms with Gasteiger partial charge in [-0.15, -0.1) is 0 Å². The van der Waals surface area contributed by atoms with Crippen LogP contribution in [0.25, 0.3) is 0 Å². The van der Waals surface area contributed by atoms with Crippen LogP contribution in [0.15, 0.2) is 24.3 Å². The van der Waals surface area contributed by atoms with Crippen molar-refractivity contribution >= 4 is 5.97 Å². The summed E-state index contributed by atoms with van der Waals surface area (Å²) in [6.45, 7) is 7.86. The minimum Gasteiger partial charge on any atom is -0.478 e. The molecule has 96 valence electrons. The molecular formula is C15H19NO2. The number of rotatable bonds is 2. The first-order valence-corrected chi connectivity index (χ1v) is 6.37. The maximum absolute atomic E-state index is 11.1. The summed E-state index contributed by atoms with van der Waals surface area (Å²) in [5.41, 5.74) is 3.62. The molecule has 1 aliphatic rings. The number of fused-ring (bicyclic) bond motifs is 1. The summed E-state index contributed by atoms with van der Waals surface area (Å²) in [5, 5.41) is 9.07. The van der Waals surface area contributed by atoms with Gasteiger partial charge >= 0.3 is 5.97 Å². The fraction of sp³-hybridized carbons (Fsp3) is 0.467. The van der Waals surface area contributed by atoms with Crippen LogP contribution in [0.4, 0.5) is 0 Å². The molecule has 18 heavy (non-hydrogen) atoms. The first-order chi connectivity index (χ1) is 8.49. The minimum absolute atomic E-state index is 0.0144. The van der Waals surface area contributed by atoms with Crippen LogP contribution >= 0.6 is 0 Å². The lowest BCUT2D eigenvalue weighted by Crippen LogP contribution is -2.14.